The van der Waals surface area contributed by atoms with Crippen molar-refractivity contribution in [2.45, 2.75) is 52.7 Å². The van der Waals surface area contributed by atoms with Crippen LogP contribution in [0.5, 0.6) is 0 Å². The fourth-order valence-electron chi connectivity index (χ4n) is 3.70. The van der Waals surface area contributed by atoms with Crippen molar-refractivity contribution < 1.29 is 14.3 Å². The van der Waals surface area contributed by atoms with Gasteiger partial charge in [0.2, 0.25) is 0 Å². The van der Waals surface area contributed by atoms with Gasteiger partial charge < -0.3 is 20.7 Å². The first-order valence-corrected chi connectivity index (χ1v) is 12.6. The van der Waals surface area contributed by atoms with Crippen molar-refractivity contribution in [2.75, 3.05) is 10.6 Å². The molecule has 3 N–H and O–H groups in total. The molecule has 13 heteroatoms. The van der Waals surface area contributed by atoms with Gasteiger partial charge in [0.15, 0.2) is 10.8 Å². The van der Waals surface area contributed by atoms with E-state index in [0.29, 0.717) is 32.9 Å². The van der Waals surface area contributed by atoms with Gasteiger partial charge in [0.1, 0.15) is 5.60 Å². The largest absolute Gasteiger partial charge is 0.444 e. The second-order valence-corrected chi connectivity index (χ2v) is 10.6. The van der Waals surface area contributed by atoms with Crippen molar-refractivity contribution in [3.05, 3.63) is 64.3 Å². The molecule has 0 aliphatic rings. The van der Waals surface area contributed by atoms with Gasteiger partial charge in [-0.2, -0.15) is 10.2 Å². The highest BCUT2D eigenvalue weighted by atomic mass is 35.5. The van der Waals surface area contributed by atoms with Crippen molar-refractivity contribution >= 4 is 52.3 Å². The summed E-state index contributed by atoms with van der Waals surface area (Å²) in [6.45, 7) is 9.61. The summed E-state index contributed by atoms with van der Waals surface area (Å²) in [4.78, 5) is 29.0. The number of rotatable bonds is 6. The Morgan fingerprint density at radius 3 is 2.55 bits per heavy atom. The van der Waals surface area contributed by atoms with E-state index in [9.17, 15) is 9.59 Å². The number of carbonyl (C=O) groups is 2. The van der Waals surface area contributed by atoms with E-state index in [4.69, 9.17) is 27.9 Å². The van der Waals surface area contributed by atoms with E-state index < -0.39 is 17.7 Å². The molecule has 0 saturated carbocycles. The van der Waals surface area contributed by atoms with Crippen LogP contribution in [-0.2, 0) is 11.3 Å². The Kier molecular flexibility index (Phi) is 7.79. The fraction of sp³-hybridized carbons (Fsp3) is 0.320. The Morgan fingerprint density at radius 2 is 1.87 bits per heavy atom. The third kappa shape index (κ3) is 6.53. The summed E-state index contributed by atoms with van der Waals surface area (Å²) in [5, 5.41) is 17.6. The second kappa shape index (κ2) is 10.9. The lowest BCUT2D eigenvalue weighted by molar-refractivity contribution is 0.0523. The number of alkyl carbamates (subject to hydrolysis) is 1. The van der Waals surface area contributed by atoms with Gasteiger partial charge in [0, 0.05) is 30.1 Å². The van der Waals surface area contributed by atoms with Crippen LogP contribution >= 0.6 is 23.2 Å². The third-order valence-corrected chi connectivity index (χ3v) is 5.70. The molecule has 0 radical (unpaired) electrons. The maximum Gasteiger partial charge on any atom is 0.407 e. The number of halogens is 2. The summed E-state index contributed by atoms with van der Waals surface area (Å²) in [5.41, 5.74) is 3.14. The zero-order chi connectivity index (χ0) is 27.6. The topological polar surface area (TPSA) is 127 Å². The number of aromatic nitrogens is 5. The predicted octanol–water partition coefficient (Wildman–Crippen LogP) is 6.01. The minimum atomic E-state index is -0.580. The van der Waals surface area contributed by atoms with E-state index in [2.05, 4.69) is 31.1 Å². The Hall–Kier alpha value is -3.83. The molecule has 3 amide bonds. The fourth-order valence-corrected chi connectivity index (χ4v) is 4.14. The molecule has 38 heavy (non-hydrogen) atoms. The highest BCUT2D eigenvalue weighted by molar-refractivity contribution is 6.32. The van der Waals surface area contributed by atoms with Crippen LogP contribution in [0, 0.1) is 0 Å². The summed E-state index contributed by atoms with van der Waals surface area (Å²) in [6, 6.07) is 6.24. The molecule has 3 heterocycles. The molecular formula is C25H28Cl2N8O3. The highest BCUT2D eigenvalue weighted by Gasteiger charge is 2.18. The first-order chi connectivity index (χ1) is 17.9. The van der Waals surface area contributed by atoms with Crippen molar-refractivity contribution in [1.82, 2.24) is 29.7 Å². The highest BCUT2D eigenvalue weighted by Crippen LogP contribution is 2.27. The quantitative estimate of drug-likeness (QED) is 0.265. The van der Waals surface area contributed by atoms with E-state index in [1.807, 2.05) is 13.8 Å². The van der Waals surface area contributed by atoms with Gasteiger partial charge >= 0.3 is 12.1 Å². The van der Waals surface area contributed by atoms with E-state index in [-0.39, 0.29) is 12.5 Å². The standard InChI is InChI=1S/C25H28Cl2N8O3/c1-14(2)22-18(12-28-21-9-20(27)33-35(21)22)32-23(36)31-16-6-7-19(17(26)8-16)34-13-15(11-30-34)10-29-24(37)38-25(3,4)5/h6-9,11-14H,10H2,1-5H3,(H,29,37)(H2,31,32,36). The zero-order valence-corrected chi connectivity index (χ0v) is 23.1. The third-order valence-electron chi connectivity index (χ3n) is 5.21. The van der Waals surface area contributed by atoms with Gasteiger partial charge in [0.05, 0.1) is 34.5 Å². The van der Waals surface area contributed by atoms with Crippen LogP contribution < -0.4 is 16.0 Å². The normalized spacial score (nSPS) is 11.6. The van der Waals surface area contributed by atoms with Crippen molar-refractivity contribution in [1.29, 1.82) is 0 Å². The minimum absolute atomic E-state index is 0.0405. The molecule has 0 aliphatic heterocycles. The molecule has 200 valence electrons. The van der Waals surface area contributed by atoms with Gasteiger partial charge in [-0.05, 0) is 44.9 Å². The van der Waals surface area contributed by atoms with Gasteiger partial charge in [-0.3, -0.25) is 0 Å². The first-order valence-electron chi connectivity index (χ1n) is 11.8. The summed E-state index contributed by atoms with van der Waals surface area (Å²) in [7, 11) is 0. The summed E-state index contributed by atoms with van der Waals surface area (Å²) in [6.07, 6.45) is 4.43. The van der Waals surface area contributed by atoms with Gasteiger partial charge in [0.25, 0.3) is 0 Å². The lowest BCUT2D eigenvalue weighted by atomic mass is 10.1. The predicted molar refractivity (Wildman–Crippen MR) is 146 cm³/mol. The van der Waals surface area contributed by atoms with Crippen LogP contribution in [0.1, 0.15) is 51.8 Å². The molecule has 0 spiro atoms. The average molecular weight is 559 g/mol. The first kappa shape index (κ1) is 27.2. The van der Waals surface area contributed by atoms with Crippen LogP contribution in [0.15, 0.2) is 42.9 Å². The number of fused-ring (bicyclic) bond motifs is 1. The summed E-state index contributed by atoms with van der Waals surface area (Å²) in [5.74, 6) is 0.0405. The lowest BCUT2D eigenvalue weighted by Gasteiger charge is -2.19. The van der Waals surface area contributed by atoms with Gasteiger partial charge in [-0.25, -0.2) is 23.8 Å². The molecule has 0 saturated heterocycles. The van der Waals surface area contributed by atoms with Gasteiger partial charge in [-0.1, -0.05) is 37.0 Å². The number of urea groups is 1. The smallest absolute Gasteiger partial charge is 0.407 e. The number of nitrogens with zero attached hydrogens (tertiary/aromatic N) is 5. The van der Waals surface area contributed by atoms with E-state index in [1.165, 1.54) is 0 Å². The zero-order valence-electron chi connectivity index (χ0n) is 21.5. The van der Waals surface area contributed by atoms with E-state index in [1.54, 1.807) is 72.8 Å². The van der Waals surface area contributed by atoms with Crippen LogP contribution in [0.3, 0.4) is 0 Å². The van der Waals surface area contributed by atoms with Crippen molar-refractivity contribution in [2.24, 2.45) is 0 Å². The number of amides is 3. The molecule has 0 aliphatic carbocycles. The second-order valence-electron chi connectivity index (χ2n) is 9.84. The van der Waals surface area contributed by atoms with Crippen LogP contribution in [-0.4, -0.2) is 42.1 Å². The van der Waals surface area contributed by atoms with E-state index in [0.717, 1.165) is 11.3 Å². The number of ether oxygens (including phenoxy) is 1. The molecule has 0 unspecified atom stereocenters. The number of nitrogens with one attached hydrogen (secondary N) is 3. The number of hydrogen-bond acceptors (Lipinski definition) is 6. The maximum absolute atomic E-state index is 12.8. The SMILES string of the molecule is CC(C)c1c(NC(=O)Nc2ccc(-n3cc(CNC(=O)OC(C)(C)C)cn3)c(Cl)c2)cnc2cc(Cl)nn12. The lowest BCUT2D eigenvalue weighted by Crippen LogP contribution is -2.32. The van der Waals surface area contributed by atoms with Crippen LogP contribution in [0.2, 0.25) is 10.2 Å². The van der Waals surface area contributed by atoms with Crippen molar-refractivity contribution in [3.63, 3.8) is 0 Å². The van der Waals surface area contributed by atoms with Crippen LogP contribution in [0.4, 0.5) is 21.0 Å². The number of hydrogen-bond donors (Lipinski definition) is 3. The Bertz CT molecular complexity index is 1490. The average Bonchev–Trinajstić information content (AvgIpc) is 3.42. The molecule has 4 rings (SSSR count). The molecule has 0 atom stereocenters. The maximum atomic E-state index is 12.8. The van der Waals surface area contributed by atoms with Crippen molar-refractivity contribution in [3.8, 4) is 5.69 Å². The molecule has 11 nitrogen and oxygen atoms in total. The molecular weight excluding hydrogens is 531 g/mol. The monoisotopic (exact) mass is 558 g/mol. The minimum Gasteiger partial charge on any atom is -0.444 e. The Labute approximate surface area is 229 Å². The number of carbonyl (C=O) groups excluding carboxylic acids is 2. The molecule has 0 bridgehead atoms. The summed E-state index contributed by atoms with van der Waals surface area (Å²) >= 11 is 12.5. The molecule has 0 fully saturated rings. The Morgan fingerprint density at radius 1 is 1.11 bits per heavy atom. The Balaban J connectivity index is 1.42. The van der Waals surface area contributed by atoms with Gasteiger partial charge in [-0.15, -0.1) is 0 Å². The number of anilines is 2. The molecule has 1 aromatic carbocycles. The van der Waals surface area contributed by atoms with E-state index >= 15 is 0 Å². The van der Waals surface area contributed by atoms with Crippen LogP contribution in [0.25, 0.3) is 11.3 Å². The molecule has 3 aromatic heterocycles. The molecule has 4 aromatic rings. The summed E-state index contributed by atoms with van der Waals surface area (Å²) < 4.78 is 8.45. The number of benzene rings is 1.